The molecule has 0 saturated carbocycles. The zero-order valence-corrected chi connectivity index (χ0v) is 11.6. The SMILES string of the molecule is CCCC(CCO)CNC(=O)c1cccc(S)c1. The second-order valence-electron chi connectivity index (χ2n) is 4.43. The maximum absolute atomic E-state index is 11.9. The molecule has 1 unspecified atom stereocenters. The molecule has 0 aromatic heterocycles. The molecule has 1 amide bonds. The van der Waals surface area contributed by atoms with Crippen molar-refractivity contribution in [2.24, 2.45) is 5.92 Å². The summed E-state index contributed by atoms with van der Waals surface area (Å²) in [5, 5.41) is 11.9. The van der Waals surface area contributed by atoms with E-state index >= 15 is 0 Å². The molecule has 0 spiro atoms. The Morgan fingerprint density at radius 1 is 1.44 bits per heavy atom. The summed E-state index contributed by atoms with van der Waals surface area (Å²) in [5.41, 5.74) is 0.627. The maximum atomic E-state index is 11.9. The monoisotopic (exact) mass is 267 g/mol. The molecule has 1 atom stereocenters. The van der Waals surface area contributed by atoms with Crippen LogP contribution in [0.4, 0.5) is 0 Å². The zero-order chi connectivity index (χ0) is 13.4. The van der Waals surface area contributed by atoms with Crippen molar-refractivity contribution in [1.29, 1.82) is 0 Å². The lowest BCUT2D eigenvalue weighted by Crippen LogP contribution is -2.29. The van der Waals surface area contributed by atoms with Gasteiger partial charge in [-0.15, -0.1) is 12.6 Å². The normalized spacial score (nSPS) is 12.2. The Bertz CT molecular complexity index is 376. The van der Waals surface area contributed by atoms with E-state index in [9.17, 15) is 4.79 Å². The van der Waals surface area contributed by atoms with Crippen molar-refractivity contribution in [3.05, 3.63) is 29.8 Å². The average molecular weight is 267 g/mol. The van der Waals surface area contributed by atoms with Gasteiger partial charge in [0.1, 0.15) is 0 Å². The van der Waals surface area contributed by atoms with Gasteiger partial charge >= 0.3 is 0 Å². The van der Waals surface area contributed by atoms with E-state index in [-0.39, 0.29) is 12.5 Å². The summed E-state index contributed by atoms with van der Waals surface area (Å²) < 4.78 is 0. The second-order valence-corrected chi connectivity index (χ2v) is 4.94. The maximum Gasteiger partial charge on any atom is 0.251 e. The van der Waals surface area contributed by atoms with Crippen molar-refractivity contribution in [2.75, 3.05) is 13.2 Å². The zero-order valence-electron chi connectivity index (χ0n) is 10.7. The summed E-state index contributed by atoms with van der Waals surface area (Å²) in [6.07, 6.45) is 2.82. The fourth-order valence-corrected chi connectivity index (χ4v) is 2.15. The number of nitrogens with one attached hydrogen (secondary N) is 1. The smallest absolute Gasteiger partial charge is 0.251 e. The molecule has 0 radical (unpaired) electrons. The van der Waals surface area contributed by atoms with E-state index in [2.05, 4.69) is 24.9 Å². The van der Waals surface area contributed by atoms with Gasteiger partial charge < -0.3 is 10.4 Å². The molecule has 0 saturated heterocycles. The molecule has 1 rings (SSSR count). The fourth-order valence-electron chi connectivity index (χ4n) is 1.93. The van der Waals surface area contributed by atoms with Gasteiger partial charge in [0, 0.05) is 23.6 Å². The molecule has 1 aromatic carbocycles. The Morgan fingerprint density at radius 3 is 2.83 bits per heavy atom. The first kappa shape index (κ1) is 15.1. The van der Waals surface area contributed by atoms with E-state index < -0.39 is 0 Å². The van der Waals surface area contributed by atoms with Crippen molar-refractivity contribution < 1.29 is 9.90 Å². The van der Waals surface area contributed by atoms with Crippen molar-refractivity contribution in [3.63, 3.8) is 0 Å². The Morgan fingerprint density at radius 2 is 2.22 bits per heavy atom. The second kappa shape index (κ2) is 8.16. The Balaban J connectivity index is 2.49. The third kappa shape index (κ3) is 5.10. The lowest BCUT2D eigenvalue weighted by Gasteiger charge is -2.15. The molecule has 0 aliphatic carbocycles. The Labute approximate surface area is 114 Å². The molecular weight excluding hydrogens is 246 g/mol. The lowest BCUT2D eigenvalue weighted by molar-refractivity contribution is 0.0942. The molecule has 1 aromatic rings. The number of carbonyl (C=O) groups excluding carboxylic acids is 1. The van der Waals surface area contributed by atoms with Crippen LogP contribution in [0.15, 0.2) is 29.2 Å². The van der Waals surface area contributed by atoms with Crippen LogP contribution in [0.2, 0.25) is 0 Å². The first-order chi connectivity index (χ1) is 8.67. The summed E-state index contributed by atoms with van der Waals surface area (Å²) in [6.45, 7) is 2.90. The molecule has 0 aliphatic rings. The van der Waals surface area contributed by atoms with E-state index in [1.165, 1.54) is 0 Å². The minimum atomic E-state index is -0.0788. The molecule has 18 heavy (non-hydrogen) atoms. The van der Waals surface area contributed by atoms with Gasteiger partial charge in [-0.3, -0.25) is 4.79 Å². The molecular formula is C14H21NO2S. The predicted octanol–water partition coefficient (Wildman–Crippen LogP) is 2.50. The predicted molar refractivity (Wildman–Crippen MR) is 76.1 cm³/mol. The van der Waals surface area contributed by atoms with Crippen LogP contribution in [0, 0.1) is 5.92 Å². The summed E-state index contributed by atoms with van der Waals surface area (Å²) in [5.74, 6) is 0.271. The topological polar surface area (TPSA) is 49.3 Å². The molecule has 0 aliphatic heterocycles. The largest absolute Gasteiger partial charge is 0.396 e. The number of hydrogen-bond acceptors (Lipinski definition) is 3. The standard InChI is InChI=1S/C14H21NO2S/c1-2-4-11(7-8-16)10-15-14(17)12-5-3-6-13(18)9-12/h3,5-6,9,11,16,18H,2,4,7-8,10H2,1H3,(H,15,17). The average Bonchev–Trinajstić information content (AvgIpc) is 2.36. The van der Waals surface area contributed by atoms with Crippen molar-refractivity contribution in [1.82, 2.24) is 5.32 Å². The molecule has 3 nitrogen and oxygen atoms in total. The summed E-state index contributed by atoms with van der Waals surface area (Å²) >= 11 is 4.21. The van der Waals surface area contributed by atoms with Gasteiger partial charge in [0.25, 0.3) is 5.91 Å². The van der Waals surface area contributed by atoms with Gasteiger partial charge in [0.15, 0.2) is 0 Å². The quantitative estimate of drug-likeness (QED) is 0.665. The van der Waals surface area contributed by atoms with Gasteiger partial charge in [-0.05, 0) is 37.0 Å². The molecule has 0 fully saturated rings. The highest BCUT2D eigenvalue weighted by Gasteiger charge is 2.10. The van der Waals surface area contributed by atoms with E-state index in [0.29, 0.717) is 18.0 Å². The first-order valence-electron chi connectivity index (χ1n) is 6.35. The van der Waals surface area contributed by atoms with Gasteiger partial charge in [0.05, 0.1) is 0 Å². The molecule has 100 valence electrons. The van der Waals surface area contributed by atoms with E-state index in [0.717, 1.165) is 24.2 Å². The lowest BCUT2D eigenvalue weighted by atomic mass is 10.00. The van der Waals surface area contributed by atoms with Crippen LogP contribution in [-0.4, -0.2) is 24.2 Å². The first-order valence-corrected chi connectivity index (χ1v) is 6.80. The number of benzene rings is 1. The van der Waals surface area contributed by atoms with E-state index in [4.69, 9.17) is 5.11 Å². The minimum Gasteiger partial charge on any atom is -0.396 e. The number of carbonyl (C=O) groups is 1. The van der Waals surface area contributed by atoms with Crippen molar-refractivity contribution in [2.45, 2.75) is 31.1 Å². The number of rotatable bonds is 7. The molecule has 4 heteroatoms. The van der Waals surface area contributed by atoms with Gasteiger partial charge in [-0.25, -0.2) is 0 Å². The van der Waals surface area contributed by atoms with Crippen molar-refractivity contribution >= 4 is 18.5 Å². The highest BCUT2D eigenvalue weighted by atomic mass is 32.1. The third-order valence-corrected chi connectivity index (χ3v) is 3.17. The van der Waals surface area contributed by atoms with Crippen LogP contribution in [0.25, 0.3) is 0 Å². The minimum absolute atomic E-state index is 0.0788. The van der Waals surface area contributed by atoms with Crippen LogP contribution in [-0.2, 0) is 0 Å². The van der Waals surface area contributed by atoms with Crippen LogP contribution in [0.3, 0.4) is 0 Å². The van der Waals surface area contributed by atoms with Gasteiger partial charge in [0.2, 0.25) is 0 Å². The van der Waals surface area contributed by atoms with E-state index in [1.807, 2.05) is 12.1 Å². The number of aliphatic hydroxyl groups excluding tert-OH is 1. The highest BCUT2D eigenvalue weighted by molar-refractivity contribution is 7.80. The summed E-state index contributed by atoms with van der Waals surface area (Å²) in [6, 6.07) is 7.18. The van der Waals surface area contributed by atoms with E-state index in [1.54, 1.807) is 12.1 Å². The van der Waals surface area contributed by atoms with Gasteiger partial charge in [-0.2, -0.15) is 0 Å². The highest BCUT2D eigenvalue weighted by Crippen LogP contribution is 2.11. The number of amides is 1. The van der Waals surface area contributed by atoms with Crippen LogP contribution in [0.1, 0.15) is 36.5 Å². The summed E-state index contributed by atoms with van der Waals surface area (Å²) in [7, 11) is 0. The Kier molecular flexibility index (Phi) is 6.83. The Hall–Kier alpha value is -1.00. The van der Waals surface area contributed by atoms with Crippen LogP contribution in [0.5, 0.6) is 0 Å². The number of hydrogen-bond donors (Lipinski definition) is 3. The fraction of sp³-hybridized carbons (Fsp3) is 0.500. The number of aliphatic hydroxyl groups is 1. The van der Waals surface area contributed by atoms with Crippen LogP contribution < -0.4 is 5.32 Å². The molecule has 2 N–H and O–H groups in total. The van der Waals surface area contributed by atoms with Gasteiger partial charge in [-0.1, -0.05) is 19.4 Å². The molecule has 0 heterocycles. The van der Waals surface area contributed by atoms with Crippen molar-refractivity contribution in [3.8, 4) is 0 Å². The number of thiol groups is 1. The summed E-state index contributed by atoms with van der Waals surface area (Å²) in [4.78, 5) is 12.7. The molecule has 0 bridgehead atoms. The van der Waals surface area contributed by atoms with Crippen LogP contribution >= 0.6 is 12.6 Å². The third-order valence-electron chi connectivity index (χ3n) is 2.89.